The second-order valence-electron chi connectivity index (χ2n) is 3.59. The van der Waals surface area contributed by atoms with Crippen LogP contribution in [0.15, 0.2) is 18.3 Å². The molecule has 0 spiro atoms. The molecule has 1 aromatic heterocycles. The molecule has 1 unspecified atom stereocenters. The summed E-state index contributed by atoms with van der Waals surface area (Å²) in [6, 6.07) is 5.85. The van der Waals surface area contributed by atoms with Gasteiger partial charge in [0.05, 0.1) is 18.6 Å². The third-order valence-electron chi connectivity index (χ3n) is 2.15. The number of aliphatic hydroxyl groups is 1. The van der Waals surface area contributed by atoms with Crippen LogP contribution in [-0.4, -0.2) is 23.7 Å². The molecule has 1 rings (SSSR count). The highest BCUT2D eigenvalue weighted by molar-refractivity contribution is 5.38. The van der Waals surface area contributed by atoms with Crippen molar-refractivity contribution in [3.05, 3.63) is 23.9 Å². The molecule has 0 saturated carbocycles. The van der Waals surface area contributed by atoms with E-state index in [2.05, 4.69) is 11.1 Å². The normalized spacial score (nSPS) is 11.9. The van der Waals surface area contributed by atoms with E-state index < -0.39 is 0 Å². The minimum Gasteiger partial charge on any atom is -0.392 e. The zero-order chi connectivity index (χ0) is 11.3. The zero-order valence-corrected chi connectivity index (χ0v) is 9.01. The number of nitriles is 1. The van der Waals surface area contributed by atoms with Gasteiger partial charge in [0.2, 0.25) is 0 Å². The number of anilines is 1. The molecule has 0 amide bonds. The highest BCUT2D eigenvalue weighted by Crippen LogP contribution is 2.11. The first-order chi connectivity index (χ1) is 7.17. The highest BCUT2D eigenvalue weighted by Gasteiger charge is 2.06. The summed E-state index contributed by atoms with van der Waals surface area (Å²) in [6.45, 7) is 2.53. The van der Waals surface area contributed by atoms with Crippen LogP contribution in [0.3, 0.4) is 0 Å². The Morgan fingerprint density at radius 2 is 2.33 bits per heavy atom. The van der Waals surface area contributed by atoms with Crippen LogP contribution in [0.25, 0.3) is 0 Å². The number of rotatable bonds is 4. The monoisotopic (exact) mass is 205 g/mol. The van der Waals surface area contributed by atoms with Crippen LogP contribution in [0.4, 0.5) is 5.82 Å². The van der Waals surface area contributed by atoms with Crippen molar-refractivity contribution in [1.29, 1.82) is 5.26 Å². The minimum absolute atomic E-state index is 0.00555. The van der Waals surface area contributed by atoms with Crippen LogP contribution < -0.4 is 4.90 Å². The largest absolute Gasteiger partial charge is 0.392 e. The Kier molecular flexibility index (Phi) is 4.07. The zero-order valence-electron chi connectivity index (χ0n) is 9.01. The fourth-order valence-corrected chi connectivity index (χ4v) is 1.28. The molecule has 0 bridgehead atoms. The maximum absolute atomic E-state index is 8.85. The lowest BCUT2D eigenvalue weighted by molar-refractivity contribution is 0.281. The van der Waals surface area contributed by atoms with E-state index in [4.69, 9.17) is 10.4 Å². The highest BCUT2D eigenvalue weighted by atomic mass is 16.3. The van der Waals surface area contributed by atoms with Gasteiger partial charge in [0.1, 0.15) is 5.82 Å². The van der Waals surface area contributed by atoms with Crippen LogP contribution in [0.2, 0.25) is 0 Å². The summed E-state index contributed by atoms with van der Waals surface area (Å²) >= 11 is 0. The van der Waals surface area contributed by atoms with Crippen molar-refractivity contribution < 1.29 is 5.11 Å². The number of hydrogen-bond acceptors (Lipinski definition) is 4. The molecule has 1 N–H and O–H groups in total. The lowest BCUT2D eigenvalue weighted by Crippen LogP contribution is -2.24. The predicted octanol–water partition coefficient (Wildman–Crippen LogP) is 1.17. The van der Waals surface area contributed by atoms with E-state index in [1.165, 1.54) is 0 Å². The number of hydrogen-bond donors (Lipinski definition) is 1. The Balaban J connectivity index is 2.66. The number of pyridine rings is 1. The molecular formula is C11H15N3O. The van der Waals surface area contributed by atoms with Gasteiger partial charge in [-0.25, -0.2) is 4.98 Å². The van der Waals surface area contributed by atoms with E-state index >= 15 is 0 Å². The summed E-state index contributed by atoms with van der Waals surface area (Å²) < 4.78 is 0. The third kappa shape index (κ3) is 3.22. The molecule has 4 nitrogen and oxygen atoms in total. The lowest BCUT2D eigenvalue weighted by Gasteiger charge is -2.19. The van der Waals surface area contributed by atoms with Gasteiger partial charge in [0.25, 0.3) is 0 Å². The molecule has 80 valence electrons. The second kappa shape index (κ2) is 5.32. The standard InChI is InChI=1S/C11H15N3O/c1-9(5-12)7-14(2)11-4-3-10(8-15)6-13-11/h3-4,6,9,15H,7-8H2,1-2H3. The average Bonchev–Trinajstić information content (AvgIpc) is 2.29. The molecule has 15 heavy (non-hydrogen) atoms. The van der Waals surface area contributed by atoms with Gasteiger partial charge in [0.15, 0.2) is 0 Å². The van der Waals surface area contributed by atoms with Crippen molar-refractivity contribution in [2.24, 2.45) is 5.92 Å². The topological polar surface area (TPSA) is 60.2 Å². The second-order valence-corrected chi connectivity index (χ2v) is 3.59. The van der Waals surface area contributed by atoms with Crippen molar-refractivity contribution >= 4 is 5.82 Å². The maximum Gasteiger partial charge on any atom is 0.128 e. The van der Waals surface area contributed by atoms with E-state index in [1.54, 1.807) is 6.20 Å². The Labute approximate surface area is 89.8 Å². The van der Waals surface area contributed by atoms with E-state index in [9.17, 15) is 0 Å². The van der Waals surface area contributed by atoms with E-state index in [1.807, 2.05) is 31.0 Å². The molecule has 1 aromatic rings. The van der Waals surface area contributed by atoms with Gasteiger partial charge in [-0.2, -0.15) is 5.26 Å². The molecule has 1 heterocycles. The van der Waals surface area contributed by atoms with Crippen LogP contribution in [0, 0.1) is 17.2 Å². The van der Waals surface area contributed by atoms with Crippen molar-refractivity contribution in [2.75, 3.05) is 18.5 Å². The van der Waals surface area contributed by atoms with Gasteiger partial charge in [-0.05, 0) is 18.6 Å². The van der Waals surface area contributed by atoms with Crippen molar-refractivity contribution in [1.82, 2.24) is 4.98 Å². The smallest absolute Gasteiger partial charge is 0.128 e. The lowest BCUT2D eigenvalue weighted by atomic mass is 10.2. The van der Waals surface area contributed by atoms with Crippen LogP contribution >= 0.6 is 0 Å². The van der Waals surface area contributed by atoms with Crippen molar-refractivity contribution in [2.45, 2.75) is 13.5 Å². The van der Waals surface area contributed by atoms with Crippen molar-refractivity contribution in [3.63, 3.8) is 0 Å². The minimum atomic E-state index is -0.0191. The summed E-state index contributed by atoms with van der Waals surface area (Å²) in [5.41, 5.74) is 0.792. The van der Waals surface area contributed by atoms with Gasteiger partial charge in [-0.3, -0.25) is 0 Å². The molecule has 0 radical (unpaired) electrons. The van der Waals surface area contributed by atoms with Crippen LogP contribution in [0.1, 0.15) is 12.5 Å². The summed E-state index contributed by atoms with van der Waals surface area (Å²) in [7, 11) is 1.90. The Morgan fingerprint density at radius 3 is 2.80 bits per heavy atom. The molecule has 1 atom stereocenters. The van der Waals surface area contributed by atoms with Crippen molar-refractivity contribution in [3.8, 4) is 6.07 Å². The van der Waals surface area contributed by atoms with Gasteiger partial charge in [-0.1, -0.05) is 6.07 Å². The van der Waals surface area contributed by atoms with Gasteiger partial charge in [0, 0.05) is 19.8 Å². The SMILES string of the molecule is CC(C#N)CN(C)c1ccc(CO)cn1. The van der Waals surface area contributed by atoms with E-state index in [0.29, 0.717) is 6.54 Å². The Morgan fingerprint density at radius 1 is 1.60 bits per heavy atom. The third-order valence-corrected chi connectivity index (χ3v) is 2.15. The quantitative estimate of drug-likeness (QED) is 0.801. The summed E-state index contributed by atoms with van der Waals surface area (Å²) in [6.07, 6.45) is 1.64. The summed E-state index contributed by atoms with van der Waals surface area (Å²) in [5, 5.41) is 17.5. The first-order valence-corrected chi connectivity index (χ1v) is 4.84. The molecule has 0 saturated heterocycles. The predicted molar refractivity (Wildman–Crippen MR) is 58.2 cm³/mol. The number of aliphatic hydroxyl groups excluding tert-OH is 1. The Bertz CT molecular complexity index is 342. The molecule has 0 aliphatic carbocycles. The number of aromatic nitrogens is 1. The Hall–Kier alpha value is -1.60. The molecule has 0 aliphatic rings. The molecule has 0 aromatic carbocycles. The van der Waals surface area contributed by atoms with E-state index in [0.717, 1.165) is 11.4 Å². The fourth-order valence-electron chi connectivity index (χ4n) is 1.28. The number of nitrogens with zero attached hydrogens (tertiary/aromatic N) is 3. The molecular weight excluding hydrogens is 190 g/mol. The van der Waals surface area contributed by atoms with Crippen LogP contribution in [0.5, 0.6) is 0 Å². The van der Waals surface area contributed by atoms with Gasteiger partial charge in [-0.15, -0.1) is 0 Å². The van der Waals surface area contributed by atoms with Gasteiger partial charge >= 0.3 is 0 Å². The van der Waals surface area contributed by atoms with Gasteiger partial charge < -0.3 is 10.0 Å². The van der Waals surface area contributed by atoms with E-state index in [-0.39, 0.29) is 12.5 Å². The molecule has 4 heteroatoms. The molecule has 0 fully saturated rings. The summed E-state index contributed by atoms with van der Waals surface area (Å²) in [5.74, 6) is 0.795. The van der Waals surface area contributed by atoms with Crippen LogP contribution in [-0.2, 0) is 6.61 Å². The average molecular weight is 205 g/mol. The maximum atomic E-state index is 8.85. The first-order valence-electron chi connectivity index (χ1n) is 4.84. The fraction of sp³-hybridized carbons (Fsp3) is 0.455. The summed E-state index contributed by atoms with van der Waals surface area (Å²) in [4.78, 5) is 6.12. The first kappa shape index (κ1) is 11.5. The molecule has 0 aliphatic heterocycles.